The van der Waals surface area contributed by atoms with E-state index >= 15 is 0 Å². The van der Waals surface area contributed by atoms with Crippen LogP contribution in [0.15, 0.2) is 42.5 Å². The van der Waals surface area contributed by atoms with Crippen molar-refractivity contribution in [1.82, 2.24) is 0 Å². The molecule has 0 aliphatic rings. The Kier molecular flexibility index (Phi) is 2.82. The highest BCUT2D eigenvalue weighted by Crippen LogP contribution is 2.20. The number of benzene rings is 2. The van der Waals surface area contributed by atoms with E-state index in [1.165, 1.54) is 11.6 Å². The average Bonchev–Trinajstić information content (AvgIpc) is 2.30. The Morgan fingerprint density at radius 3 is 2.67 bits per heavy atom. The lowest BCUT2D eigenvalue weighted by atomic mass is 10.0. The molecule has 0 nitrogen and oxygen atoms in total. The summed E-state index contributed by atoms with van der Waals surface area (Å²) < 4.78 is 12.7. The van der Waals surface area contributed by atoms with E-state index in [1.54, 1.807) is 12.1 Å². The Morgan fingerprint density at radius 2 is 2.00 bits per heavy atom. The van der Waals surface area contributed by atoms with Gasteiger partial charge in [0.05, 0.1) is 0 Å². The van der Waals surface area contributed by atoms with E-state index in [4.69, 9.17) is 0 Å². The number of hydrogen-bond acceptors (Lipinski definition) is 0. The van der Waals surface area contributed by atoms with Gasteiger partial charge in [-0.1, -0.05) is 37.3 Å². The van der Waals surface area contributed by atoms with E-state index in [1.807, 2.05) is 12.1 Å². The van der Waals surface area contributed by atoms with Gasteiger partial charge in [-0.2, -0.15) is 0 Å². The van der Waals surface area contributed by atoms with Gasteiger partial charge >= 0.3 is 0 Å². The standard InChI is InChI=1S/C14H12F/c1-2-11-4-3-5-13(10-11)12-6-8-14(15)9-7-12/h3-8,10H,2H2,1H3. The van der Waals surface area contributed by atoms with Crippen LogP contribution in [-0.2, 0) is 6.42 Å². The van der Waals surface area contributed by atoms with Crippen molar-refractivity contribution in [2.45, 2.75) is 13.3 Å². The highest BCUT2D eigenvalue weighted by Gasteiger charge is 1.98. The summed E-state index contributed by atoms with van der Waals surface area (Å²) in [4.78, 5) is 0. The first-order valence-corrected chi connectivity index (χ1v) is 5.06. The molecule has 0 unspecified atom stereocenters. The molecule has 75 valence electrons. The lowest BCUT2D eigenvalue weighted by Crippen LogP contribution is -1.83. The van der Waals surface area contributed by atoms with Crippen LogP contribution in [0, 0.1) is 11.9 Å². The highest BCUT2D eigenvalue weighted by atomic mass is 19.1. The average molecular weight is 199 g/mol. The van der Waals surface area contributed by atoms with E-state index in [-0.39, 0.29) is 5.82 Å². The monoisotopic (exact) mass is 199 g/mol. The summed E-state index contributed by atoms with van der Waals surface area (Å²) >= 11 is 0. The summed E-state index contributed by atoms with van der Waals surface area (Å²) in [5.74, 6) is -0.314. The van der Waals surface area contributed by atoms with Crippen LogP contribution in [0.2, 0.25) is 0 Å². The van der Waals surface area contributed by atoms with Crippen LogP contribution in [0.5, 0.6) is 0 Å². The van der Waals surface area contributed by atoms with Crippen molar-refractivity contribution in [3.63, 3.8) is 0 Å². The zero-order valence-electron chi connectivity index (χ0n) is 8.63. The fourth-order valence-electron chi connectivity index (χ4n) is 1.56. The fraction of sp³-hybridized carbons (Fsp3) is 0.143. The third kappa shape index (κ3) is 2.24. The van der Waals surface area contributed by atoms with Crippen molar-refractivity contribution in [3.05, 3.63) is 59.9 Å². The third-order valence-corrected chi connectivity index (χ3v) is 2.44. The van der Waals surface area contributed by atoms with Gasteiger partial charge in [0.15, 0.2) is 0 Å². The molecule has 0 atom stereocenters. The summed E-state index contributed by atoms with van der Waals surface area (Å²) in [6.45, 7) is 2.12. The lowest BCUT2D eigenvalue weighted by Gasteiger charge is -2.03. The van der Waals surface area contributed by atoms with Crippen LogP contribution >= 0.6 is 0 Å². The van der Waals surface area contributed by atoms with Gasteiger partial charge in [0.1, 0.15) is 5.82 Å². The van der Waals surface area contributed by atoms with Gasteiger partial charge in [-0.15, -0.1) is 0 Å². The van der Waals surface area contributed by atoms with E-state index < -0.39 is 0 Å². The van der Waals surface area contributed by atoms with Crippen molar-refractivity contribution in [1.29, 1.82) is 0 Å². The largest absolute Gasteiger partial charge is 0.206 e. The van der Waals surface area contributed by atoms with E-state index in [9.17, 15) is 4.39 Å². The molecule has 2 aromatic rings. The maximum absolute atomic E-state index is 12.7. The molecule has 0 saturated carbocycles. The summed E-state index contributed by atoms with van der Waals surface area (Å²) in [6, 6.07) is 15.7. The summed E-state index contributed by atoms with van der Waals surface area (Å²) in [5.41, 5.74) is 3.41. The van der Waals surface area contributed by atoms with E-state index in [0.29, 0.717) is 0 Å². The van der Waals surface area contributed by atoms with E-state index in [2.05, 4.69) is 25.1 Å². The second-order valence-corrected chi connectivity index (χ2v) is 3.48. The molecule has 0 saturated heterocycles. The Bertz CT molecular complexity index is 443. The van der Waals surface area contributed by atoms with Crippen LogP contribution in [0.25, 0.3) is 11.1 Å². The molecule has 1 heteroatoms. The minimum atomic E-state index is -0.314. The van der Waals surface area contributed by atoms with Crippen LogP contribution in [-0.4, -0.2) is 0 Å². The molecule has 2 aromatic carbocycles. The summed E-state index contributed by atoms with van der Waals surface area (Å²) in [5, 5.41) is 0. The Balaban J connectivity index is 2.40. The molecule has 0 aliphatic carbocycles. The van der Waals surface area contributed by atoms with Crippen molar-refractivity contribution in [3.8, 4) is 11.1 Å². The van der Waals surface area contributed by atoms with Crippen LogP contribution in [0.3, 0.4) is 0 Å². The van der Waals surface area contributed by atoms with Gasteiger partial charge in [0.25, 0.3) is 0 Å². The van der Waals surface area contributed by atoms with Gasteiger partial charge in [-0.25, -0.2) is 4.39 Å². The van der Waals surface area contributed by atoms with Crippen molar-refractivity contribution < 1.29 is 4.39 Å². The minimum Gasteiger partial charge on any atom is -0.206 e. The maximum atomic E-state index is 12.7. The van der Waals surface area contributed by atoms with Crippen molar-refractivity contribution >= 4 is 0 Å². The number of aryl methyl sites for hydroxylation is 1. The predicted molar refractivity (Wildman–Crippen MR) is 60.1 cm³/mol. The molecule has 1 radical (unpaired) electrons. The normalized spacial score (nSPS) is 10.3. The lowest BCUT2D eigenvalue weighted by molar-refractivity contribution is 0.626. The molecule has 0 N–H and O–H groups in total. The molecular formula is C14H12F. The number of rotatable bonds is 2. The Hall–Kier alpha value is -1.63. The molecule has 0 aromatic heterocycles. The smallest absolute Gasteiger partial charge is 0.131 e. The van der Waals surface area contributed by atoms with Crippen molar-refractivity contribution in [2.24, 2.45) is 0 Å². The van der Waals surface area contributed by atoms with Crippen LogP contribution in [0.1, 0.15) is 12.5 Å². The second kappa shape index (κ2) is 4.26. The first-order valence-electron chi connectivity index (χ1n) is 5.06. The van der Waals surface area contributed by atoms with Gasteiger partial charge in [-0.05, 0) is 35.2 Å². The van der Waals surface area contributed by atoms with Gasteiger partial charge in [0.2, 0.25) is 0 Å². The fourth-order valence-corrected chi connectivity index (χ4v) is 1.56. The second-order valence-electron chi connectivity index (χ2n) is 3.48. The molecular weight excluding hydrogens is 187 g/mol. The Morgan fingerprint density at radius 1 is 1.13 bits per heavy atom. The van der Waals surface area contributed by atoms with Crippen LogP contribution < -0.4 is 0 Å². The quantitative estimate of drug-likeness (QED) is 0.689. The molecule has 0 heterocycles. The molecule has 0 aliphatic heterocycles. The zero-order valence-corrected chi connectivity index (χ0v) is 8.63. The molecule has 0 amide bonds. The molecule has 2 rings (SSSR count). The zero-order chi connectivity index (χ0) is 10.7. The molecule has 0 spiro atoms. The number of hydrogen-bond donors (Lipinski definition) is 0. The van der Waals surface area contributed by atoms with Crippen molar-refractivity contribution in [2.75, 3.05) is 0 Å². The summed E-state index contributed by atoms with van der Waals surface area (Å²) in [6.07, 6.45) is 1.01. The van der Waals surface area contributed by atoms with E-state index in [0.717, 1.165) is 17.5 Å². The third-order valence-electron chi connectivity index (χ3n) is 2.44. The molecule has 15 heavy (non-hydrogen) atoms. The van der Waals surface area contributed by atoms with Crippen LogP contribution in [0.4, 0.5) is 4.39 Å². The topological polar surface area (TPSA) is 0 Å². The van der Waals surface area contributed by atoms with Gasteiger partial charge in [-0.3, -0.25) is 0 Å². The molecule has 0 bridgehead atoms. The maximum Gasteiger partial charge on any atom is 0.131 e. The first kappa shape index (κ1) is 9.91. The predicted octanol–water partition coefficient (Wildman–Crippen LogP) is 3.86. The van der Waals surface area contributed by atoms with Gasteiger partial charge < -0.3 is 0 Å². The Labute approximate surface area is 89.4 Å². The summed E-state index contributed by atoms with van der Waals surface area (Å²) in [7, 11) is 0. The highest BCUT2D eigenvalue weighted by molar-refractivity contribution is 5.63. The minimum absolute atomic E-state index is 0.314. The first-order chi connectivity index (χ1) is 7.29. The molecule has 0 fully saturated rings. The van der Waals surface area contributed by atoms with Gasteiger partial charge in [0, 0.05) is 6.07 Å². The SMILES string of the molecule is CCc1cccc(-c2c[c]c(F)cc2)c1. The number of halogens is 1.